The first kappa shape index (κ1) is 22.1. The van der Waals surface area contributed by atoms with Crippen LogP contribution in [0.3, 0.4) is 0 Å². The molecule has 2 N–H and O–H groups in total. The molecule has 0 unspecified atom stereocenters. The summed E-state index contributed by atoms with van der Waals surface area (Å²) in [6.45, 7) is 2.80. The normalized spacial score (nSPS) is 22.9. The second-order valence-electron chi connectivity index (χ2n) is 8.84. The number of rotatable bonds is 7. The molecule has 2 saturated carbocycles. The lowest BCUT2D eigenvalue weighted by Gasteiger charge is -2.43. The minimum absolute atomic E-state index is 0.0115. The molecule has 3 fully saturated rings. The van der Waals surface area contributed by atoms with E-state index in [-0.39, 0.29) is 22.4 Å². The second kappa shape index (κ2) is 9.59. The maximum absolute atomic E-state index is 12.9. The van der Waals surface area contributed by atoms with Gasteiger partial charge in [-0.2, -0.15) is 11.8 Å². The molecule has 0 atom stereocenters. The van der Waals surface area contributed by atoms with Gasteiger partial charge in [-0.1, -0.05) is 31.7 Å². The molecule has 2 aliphatic carbocycles. The van der Waals surface area contributed by atoms with E-state index in [2.05, 4.69) is 14.9 Å². The zero-order valence-corrected chi connectivity index (χ0v) is 19.2. The molecule has 1 amide bonds. The van der Waals surface area contributed by atoms with Gasteiger partial charge in [0, 0.05) is 48.3 Å². The average molecular weight is 452 g/mol. The van der Waals surface area contributed by atoms with Gasteiger partial charge < -0.3 is 5.32 Å². The van der Waals surface area contributed by atoms with Gasteiger partial charge in [-0.25, -0.2) is 13.1 Å². The van der Waals surface area contributed by atoms with E-state index in [4.69, 9.17) is 0 Å². The summed E-state index contributed by atoms with van der Waals surface area (Å²) >= 11 is 2.00. The SMILES string of the molecule is O=C(NCC1(N2CCSCC2)CCCC1)c1cccc(S(=O)(=O)NC2CCCC2)c1. The van der Waals surface area contributed by atoms with Gasteiger partial charge in [-0.3, -0.25) is 9.69 Å². The maximum Gasteiger partial charge on any atom is 0.251 e. The molecule has 1 saturated heterocycles. The van der Waals surface area contributed by atoms with Crippen molar-refractivity contribution in [1.82, 2.24) is 14.9 Å². The minimum Gasteiger partial charge on any atom is -0.350 e. The van der Waals surface area contributed by atoms with Gasteiger partial charge in [0.25, 0.3) is 5.91 Å². The highest BCUT2D eigenvalue weighted by atomic mass is 32.2. The zero-order chi connectivity index (χ0) is 21.0. The van der Waals surface area contributed by atoms with Gasteiger partial charge in [-0.15, -0.1) is 0 Å². The van der Waals surface area contributed by atoms with Crippen molar-refractivity contribution in [3.63, 3.8) is 0 Å². The highest BCUT2D eigenvalue weighted by Crippen LogP contribution is 2.36. The molecule has 166 valence electrons. The number of hydrogen-bond donors (Lipinski definition) is 2. The highest BCUT2D eigenvalue weighted by molar-refractivity contribution is 7.99. The minimum atomic E-state index is -3.60. The lowest BCUT2D eigenvalue weighted by atomic mass is 9.94. The summed E-state index contributed by atoms with van der Waals surface area (Å²) in [4.78, 5) is 15.6. The topological polar surface area (TPSA) is 78.5 Å². The number of carbonyl (C=O) groups is 1. The van der Waals surface area contributed by atoms with Crippen LogP contribution >= 0.6 is 11.8 Å². The van der Waals surface area contributed by atoms with E-state index < -0.39 is 10.0 Å². The fourth-order valence-corrected chi connectivity index (χ4v) is 7.41. The molecule has 6 nitrogen and oxygen atoms in total. The number of nitrogens with zero attached hydrogens (tertiary/aromatic N) is 1. The molecule has 3 aliphatic rings. The molecule has 0 spiro atoms. The molecule has 1 aliphatic heterocycles. The van der Waals surface area contributed by atoms with Crippen molar-refractivity contribution in [2.45, 2.75) is 67.8 Å². The summed E-state index contributed by atoms with van der Waals surface area (Å²) in [5.41, 5.74) is 0.469. The van der Waals surface area contributed by atoms with Crippen LogP contribution in [-0.4, -0.2) is 61.9 Å². The summed E-state index contributed by atoms with van der Waals surface area (Å²) in [6.07, 6.45) is 8.56. The largest absolute Gasteiger partial charge is 0.350 e. The summed E-state index contributed by atoms with van der Waals surface area (Å²) in [5.74, 6) is 2.12. The first-order valence-corrected chi connectivity index (χ1v) is 13.9. The van der Waals surface area contributed by atoms with Crippen molar-refractivity contribution in [3.8, 4) is 0 Å². The standard InChI is InChI=1S/C22H33N3O3S2/c26-21(23-17-22(10-3-4-11-22)25-12-14-29-15-13-25)18-6-5-9-20(16-18)30(27,28)24-19-7-1-2-8-19/h5-6,9,16,19,24H,1-4,7-8,10-15,17H2,(H,23,26). The van der Waals surface area contributed by atoms with Gasteiger partial charge >= 0.3 is 0 Å². The van der Waals surface area contributed by atoms with Crippen molar-refractivity contribution in [2.75, 3.05) is 31.1 Å². The fraction of sp³-hybridized carbons (Fsp3) is 0.682. The van der Waals surface area contributed by atoms with Gasteiger partial charge in [0.2, 0.25) is 10.0 Å². The van der Waals surface area contributed by atoms with Crippen molar-refractivity contribution in [2.24, 2.45) is 0 Å². The molecule has 8 heteroatoms. The fourth-order valence-electron chi connectivity index (χ4n) is 5.16. The Balaban J connectivity index is 1.42. The number of thioether (sulfide) groups is 1. The van der Waals surface area contributed by atoms with Crippen molar-refractivity contribution in [3.05, 3.63) is 29.8 Å². The Kier molecular flexibility index (Phi) is 7.07. The Morgan fingerprint density at radius 2 is 1.80 bits per heavy atom. The zero-order valence-electron chi connectivity index (χ0n) is 17.6. The van der Waals surface area contributed by atoms with Gasteiger partial charge in [0.05, 0.1) is 4.90 Å². The van der Waals surface area contributed by atoms with E-state index in [1.807, 2.05) is 11.8 Å². The summed E-state index contributed by atoms with van der Waals surface area (Å²) in [7, 11) is -3.60. The number of nitrogens with one attached hydrogen (secondary N) is 2. The van der Waals surface area contributed by atoms with Crippen LogP contribution < -0.4 is 10.0 Å². The molecule has 30 heavy (non-hydrogen) atoms. The summed E-state index contributed by atoms with van der Waals surface area (Å²) in [5, 5.41) is 3.13. The van der Waals surface area contributed by atoms with E-state index in [1.165, 1.54) is 18.9 Å². The molecule has 4 rings (SSSR count). The summed E-state index contributed by atoms with van der Waals surface area (Å²) in [6, 6.07) is 6.44. The highest BCUT2D eigenvalue weighted by Gasteiger charge is 2.40. The predicted octanol–water partition coefficient (Wildman–Crippen LogP) is 3.00. The maximum atomic E-state index is 12.9. The number of carbonyl (C=O) groups excluding carboxylic acids is 1. The Morgan fingerprint density at radius 1 is 1.10 bits per heavy atom. The second-order valence-corrected chi connectivity index (χ2v) is 11.8. The van der Waals surface area contributed by atoms with Gasteiger partial charge in [0.1, 0.15) is 0 Å². The number of benzene rings is 1. The van der Waals surface area contributed by atoms with Crippen molar-refractivity contribution < 1.29 is 13.2 Å². The number of amides is 1. The number of hydrogen-bond acceptors (Lipinski definition) is 5. The lowest BCUT2D eigenvalue weighted by Crippen LogP contribution is -2.56. The molecular weight excluding hydrogens is 418 g/mol. The van der Waals surface area contributed by atoms with Crippen LogP contribution in [0, 0.1) is 0 Å². The quantitative estimate of drug-likeness (QED) is 0.666. The van der Waals surface area contributed by atoms with E-state index in [0.29, 0.717) is 12.1 Å². The third-order valence-electron chi connectivity index (χ3n) is 6.88. The Labute approximate surface area is 184 Å². The predicted molar refractivity (Wildman–Crippen MR) is 121 cm³/mol. The molecule has 1 aromatic carbocycles. The van der Waals surface area contributed by atoms with E-state index in [0.717, 1.165) is 63.1 Å². The first-order chi connectivity index (χ1) is 14.5. The van der Waals surface area contributed by atoms with E-state index >= 15 is 0 Å². The lowest BCUT2D eigenvalue weighted by molar-refractivity contribution is 0.0817. The first-order valence-electron chi connectivity index (χ1n) is 11.2. The van der Waals surface area contributed by atoms with Gasteiger partial charge in [0.15, 0.2) is 0 Å². The number of sulfonamides is 1. The van der Waals surface area contributed by atoms with Crippen LogP contribution in [0.1, 0.15) is 61.7 Å². The molecular formula is C22H33N3O3S2. The van der Waals surface area contributed by atoms with Crippen LogP contribution in [0.25, 0.3) is 0 Å². The smallest absolute Gasteiger partial charge is 0.251 e. The molecule has 0 aromatic heterocycles. The van der Waals surface area contributed by atoms with Gasteiger partial charge in [-0.05, 0) is 43.9 Å². The molecule has 0 bridgehead atoms. The Bertz CT molecular complexity index is 841. The van der Waals surface area contributed by atoms with Crippen molar-refractivity contribution in [1.29, 1.82) is 0 Å². The van der Waals surface area contributed by atoms with E-state index in [1.54, 1.807) is 18.2 Å². The molecule has 1 aromatic rings. The average Bonchev–Trinajstić information content (AvgIpc) is 3.45. The molecule has 1 heterocycles. The van der Waals surface area contributed by atoms with Crippen LogP contribution in [0.2, 0.25) is 0 Å². The Morgan fingerprint density at radius 3 is 2.50 bits per heavy atom. The summed E-state index contributed by atoms with van der Waals surface area (Å²) < 4.78 is 28.3. The monoisotopic (exact) mass is 451 g/mol. The van der Waals surface area contributed by atoms with Crippen LogP contribution in [-0.2, 0) is 10.0 Å². The molecule has 0 radical (unpaired) electrons. The Hall–Kier alpha value is -1.09. The third kappa shape index (κ3) is 5.03. The van der Waals surface area contributed by atoms with Crippen LogP contribution in [0.4, 0.5) is 0 Å². The van der Waals surface area contributed by atoms with Crippen LogP contribution in [0.5, 0.6) is 0 Å². The van der Waals surface area contributed by atoms with Crippen molar-refractivity contribution >= 4 is 27.7 Å². The third-order valence-corrected chi connectivity index (χ3v) is 9.34. The van der Waals surface area contributed by atoms with E-state index in [9.17, 15) is 13.2 Å². The van der Waals surface area contributed by atoms with Crippen LogP contribution in [0.15, 0.2) is 29.2 Å².